The summed E-state index contributed by atoms with van der Waals surface area (Å²) in [5.41, 5.74) is 2.94. The first-order valence-corrected chi connectivity index (χ1v) is 6.46. The third-order valence-corrected chi connectivity index (χ3v) is 3.13. The van der Waals surface area contributed by atoms with E-state index < -0.39 is 5.97 Å². The summed E-state index contributed by atoms with van der Waals surface area (Å²) in [5, 5.41) is 0. The van der Waals surface area contributed by atoms with Crippen molar-refractivity contribution >= 4 is 18.1 Å². The lowest BCUT2D eigenvalue weighted by molar-refractivity contribution is -0.130. The molecule has 1 heterocycles. The molecule has 1 fully saturated rings. The number of rotatable bonds is 6. The molecule has 2 rings (SSSR count). The summed E-state index contributed by atoms with van der Waals surface area (Å²) < 4.78 is 10.7. The van der Waals surface area contributed by atoms with Crippen molar-refractivity contribution in [2.45, 2.75) is 19.4 Å². The number of carbonyl (C=O) groups is 1. The van der Waals surface area contributed by atoms with Gasteiger partial charge < -0.3 is 9.47 Å². The molecule has 1 aliphatic heterocycles. The van der Waals surface area contributed by atoms with E-state index in [1.165, 1.54) is 0 Å². The summed E-state index contributed by atoms with van der Waals surface area (Å²) in [4.78, 5) is 11.8. The molecule has 1 aromatic rings. The van der Waals surface area contributed by atoms with Crippen LogP contribution in [-0.4, -0.2) is 18.7 Å². The van der Waals surface area contributed by atoms with E-state index in [1.54, 1.807) is 19.1 Å². The first-order valence-electron chi connectivity index (χ1n) is 6.46. The van der Waals surface area contributed by atoms with Gasteiger partial charge in [0.15, 0.2) is 0 Å². The molecule has 104 valence electrons. The van der Waals surface area contributed by atoms with Crippen LogP contribution in [0.4, 0.5) is 0 Å². The minimum absolute atomic E-state index is 0.213. The van der Waals surface area contributed by atoms with E-state index in [-0.39, 0.29) is 6.10 Å². The number of esters is 1. The highest BCUT2D eigenvalue weighted by Gasteiger charge is 2.26. The summed E-state index contributed by atoms with van der Waals surface area (Å²) in [5.74, 6) is 0.0909. The molecule has 0 amide bonds. The van der Waals surface area contributed by atoms with Gasteiger partial charge >= 0.3 is 5.97 Å². The second-order valence-electron chi connectivity index (χ2n) is 4.79. The van der Waals surface area contributed by atoms with E-state index in [9.17, 15) is 4.79 Å². The van der Waals surface area contributed by atoms with Crippen molar-refractivity contribution in [2.24, 2.45) is 0 Å². The Balaban J connectivity index is 2.45. The van der Waals surface area contributed by atoms with Crippen LogP contribution in [0.15, 0.2) is 37.4 Å². The Morgan fingerprint density at radius 3 is 2.65 bits per heavy atom. The molecular weight excluding hydrogens is 252 g/mol. The van der Waals surface area contributed by atoms with Crippen LogP contribution in [0.2, 0.25) is 0 Å². The number of epoxide rings is 1. The lowest BCUT2D eigenvalue weighted by Gasteiger charge is -2.14. The van der Waals surface area contributed by atoms with Crippen LogP contribution >= 0.6 is 0 Å². The van der Waals surface area contributed by atoms with Crippen molar-refractivity contribution in [3.63, 3.8) is 0 Å². The maximum Gasteiger partial charge on any atom is 0.338 e. The summed E-state index contributed by atoms with van der Waals surface area (Å²) >= 11 is 0. The summed E-state index contributed by atoms with van der Waals surface area (Å²) in [7, 11) is 0. The first-order chi connectivity index (χ1) is 9.56. The summed E-state index contributed by atoms with van der Waals surface area (Å²) in [6.07, 6.45) is 4.32. The SMILES string of the molecule is C=Cc1ccc(CC2CO2)c(OC(=O)C(=C)C)c1C=C. The van der Waals surface area contributed by atoms with Gasteiger partial charge in [-0.25, -0.2) is 4.79 Å². The minimum Gasteiger partial charge on any atom is -0.422 e. The topological polar surface area (TPSA) is 38.8 Å². The Bertz CT molecular complexity index is 580. The molecule has 1 saturated heterocycles. The highest BCUT2D eigenvalue weighted by atomic mass is 16.6. The fourth-order valence-electron chi connectivity index (χ4n) is 1.94. The fraction of sp³-hybridized carbons (Fsp3) is 0.235. The van der Waals surface area contributed by atoms with E-state index in [0.717, 1.165) is 29.7 Å². The monoisotopic (exact) mass is 270 g/mol. The molecule has 0 aromatic heterocycles. The van der Waals surface area contributed by atoms with Gasteiger partial charge in [0, 0.05) is 17.6 Å². The lowest BCUT2D eigenvalue weighted by atomic mass is 9.99. The average molecular weight is 270 g/mol. The molecular formula is C17H18O3. The van der Waals surface area contributed by atoms with Gasteiger partial charge in [0.2, 0.25) is 0 Å². The molecule has 0 bridgehead atoms. The van der Waals surface area contributed by atoms with Crippen molar-refractivity contribution in [3.05, 3.63) is 54.1 Å². The molecule has 0 spiro atoms. The third kappa shape index (κ3) is 3.06. The number of ether oxygens (including phenoxy) is 2. The van der Waals surface area contributed by atoms with Crippen LogP contribution in [0.1, 0.15) is 23.6 Å². The second-order valence-corrected chi connectivity index (χ2v) is 4.79. The van der Waals surface area contributed by atoms with E-state index >= 15 is 0 Å². The quantitative estimate of drug-likeness (QED) is 0.344. The van der Waals surface area contributed by atoms with Crippen LogP contribution < -0.4 is 4.74 Å². The van der Waals surface area contributed by atoms with Crippen molar-refractivity contribution in [1.82, 2.24) is 0 Å². The molecule has 3 heteroatoms. The largest absolute Gasteiger partial charge is 0.422 e. The van der Waals surface area contributed by atoms with E-state index in [1.807, 2.05) is 12.1 Å². The number of carbonyl (C=O) groups excluding carboxylic acids is 1. The van der Waals surface area contributed by atoms with Crippen molar-refractivity contribution in [3.8, 4) is 5.75 Å². The average Bonchev–Trinajstić information content (AvgIpc) is 3.23. The summed E-state index contributed by atoms with van der Waals surface area (Å²) in [6.45, 7) is 13.5. The number of benzene rings is 1. The van der Waals surface area contributed by atoms with Gasteiger partial charge in [-0.1, -0.05) is 44.0 Å². The highest BCUT2D eigenvalue weighted by Crippen LogP contribution is 2.32. The predicted molar refractivity (Wildman–Crippen MR) is 80.5 cm³/mol. The zero-order valence-corrected chi connectivity index (χ0v) is 11.6. The molecule has 3 nitrogen and oxygen atoms in total. The minimum atomic E-state index is -0.438. The maximum absolute atomic E-state index is 11.8. The van der Waals surface area contributed by atoms with Crippen LogP contribution in [0.5, 0.6) is 5.75 Å². The third-order valence-electron chi connectivity index (χ3n) is 3.13. The Morgan fingerprint density at radius 1 is 1.45 bits per heavy atom. The Kier molecular flexibility index (Phi) is 4.20. The molecule has 1 atom stereocenters. The lowest BCUT2D eigenvalue weighted by Crippen LogP contribution is -2.12. The highest BCUT2D eigenvalue weighted by molar-refractivity contribution is 5.90. The normalized spacial score (nSPS) is 16.4. The second kappa shape index (κ2) is 5.88. The zero-order chi connectivity index (χ0) is 14.7. The Morgan fingerprint density at radius 2 is 2.15 bits per heavy atom. The smallest absolute Gasteiger partial charge is 0.338 e. The van der Waals surface area contributed by atoms with Gasteiger partial charge in [-0.3, -0.25) is 0 Å². The van der Waals surface area contributed by atoms with Crippen LogP contribution in [-0.2, 0) is 16.0 Å². The molecule has 0 aliphatic carbocycles. The van der Waals surface area contributed by atoms with E-state index in [4.69, 9.17) is 9.47 Å². The Labute approximate surface area is 119 Å². The van der Waals surface area contributed by atoms with E-state index in [0.29, 0.717) is 11.3 Å². The Hall–Kier alpha value is -2.13. The molecule has 0 saturated carbocycles. The van der Waals surface area contributed by atoms with Gasteiger partial charge in [-0.2, -0.15) is 0 Å². The fourth-order valence-corrected chi connectivity index (χ4v) is 1.94. The first kappa shape index (κ1) is 14.3. The van der Waals surface area contributed by atoms with Crippen molar-refractivity contribution in [2.75, 3.05) is 6.61 Å². The van der Waals surface area contributed by atoms with Crippen molar-refractivity contribution in [1.29, 1.82) is 0 Å². The van der Waals surface area contributed by atoms with Crippen LogP contribution in [0.3, 0.4) is 0 Å². The van der Waals surface area contributed by atoms with Crippen LogP contribution in [0, 0.1) is 0 Å². The van der Waals surface area contributed by atoms with Gasteiger partial charge in [0.05, 0.1) is 12.7 Å². The molecule has 0 radical (unpaired) electrons. The molecule has 0 N–H and O–H groups in total. The molecule has 1 aromatic carbocycles. The van der Waals surface area contributed by atoms with Gasteiger partial charge in [0.25, 0.3) is 0 Å². The zero-order valence-electron chi connectivity index (χ0n) is 11.6. The molecule has 1 unspecified atom stereocenters. The van der Waals surface area contributed by atoms with Gasteiger partial charge in [0.1, 0.15) is 5.75 Å². The van der Waals surface area contributed by atoms with Crippen molar-refractivity contribution < 1.29 is 14.3 Å². The predicted octanol–water partition coefficient (Wildman–Crippen LogP) is 3.40. The molecule has 1 aliphatic rings. The number of hydrogen-bond acceptors (Lipinski definition) is 3. The van der Waals surface area contributed by atoms with E-state index in [2.05, 4.69) is 19.7 Å². The molecule has 20 heavy (non-hydrogen) atoms. The van der Waals surface area contributed by atoms with Gasteiger partial charge in [-0.05, 0) is 18.1 Å². The standard InChI is InChI=1S/C17H18O3/c1-5-12-7-8-13(9-14-10-19-14)16(15(12)6-2)20-17(18)11(3)4/h5-8,14H,1-3,9-10H2,4H3. The number of hydrogen-bond donors (Lipinski definition) is 0. The summed E-state index contributed by atoms with van der Waals surface area (Å²) in [6, 6.07) is 3.88. The van der Waals surface area contributed by atoms with Gasteiger partial charge in [-0.15, -0.1) is 0 Å². The van der Waals surface area contributed by atoms with Crippen LogP contribution in [0.25, 0.3) is 12.2 Å². The maximum atomic E-state index is 11.8.